The van der Waals surface area contributed by atoms with Crippen LogP contribution in [0.15, 0.2) is 33.9 Å². The van der Waals surface area contributed by atoms with Crippen LogP contribution in [0.3, 0.4) is 0 Å². The van der Waals surface area contributed by atoms with Crippen molar-refractivity contribution in [3.05, 3.63) is 30.1 Å². The first-order valence-electron chi connectivity index (χ1n) is 7.23. The van der Waals surface area contributed by atoms with Crippen LogP contribution in [0.4, 0.5) is 4.39 Å². The Kier molecular flexibility index (Phi) is 6.30. The molecule has 24 heavy (non-hydrogen) atoms. The fourth-order valence-corrected chi connectivity index (χ4v) is 2.33. The third-order valence-corrected chi connectivity index (χ3v) is 3.55. The van der Waals surface area contributed by atoms with Crippen LogP contribution in [-0.4, -0.2) is 40.4 Å². The standard InChI is InChI=1S/C15H17FN4O3S/c1-9(2)18-12(21)7-17-13(22)8-24-15-20-19-14(23-15)10-5-3-4-6-11(10)16/h3-6,9H,7-8H2,1-2H3,(H,17,22)(H,18,21). The molecule has 2 rings (SSSR count). The SMILES string of the molecule is CC(C)NC(=O)CNC(=O)CSc1nnc(-c2ccccc2F)o1. The molecular weight excluding hydrogens is 335 g/mol. The maximum Gasteiger partial charge on any atom is 0.277 e. The number of benzene rings is 1. The molecule has 1 heterocycles. The van der Waals surface area contributed by atoms with E-state index in [1.54, 1.807) is 12.1 Å². The minimum Gasteiger partial charge on any atom is -0.411 e. The molecule has 9 heteroatoms. The first-order chi connectivity index (χ1) is 11.5. The molecule has 0 aliphatic carbocycles. The predicted molar refractivity (Wildman–Crippen MR) is 86.7 cm³/mol. The summed E-state index contributed by atoms with van der Waals surface area (Å²) in [4.78, 5) is 23.1. The molecule has 0 spiro atoms. The molecule has 2 amide bonds. The molecule has 2 aromatic rings. The van der Waals surface area contributed by atoms with Gasteiger partial charge in [0.2, 0.25) is 11.8 Å². The Morgan fingerprint density at radius 2 is 2.00 bits per heavy atom. The topological polar surface area (TPSA) is 97.1 Å². The Balaban J connectivity index is 1.82. The van der Waals surface area contributed by atoms with Gasteiger partial charge in [-0.1, -0.05) is 23.9 Å². The largest absolute Gasteiger partial charge is 0.411 e. The van der Waals surface area contributed by atoms with Crippen molar-refractivity contribution in [2.24, 2.45) is 0 Å². The van der Waals surface area contributed by atoms with Gasteiger partial charge >= 0.3 is 0 Å². The lowest BCUT2D eigenvalue weighted by molar-refractivity contribution is -0.125. The molecule has 0 aliphatic heterocycles. The van der Waals surface area contributed by atoms with Gasteiger partial charge in [0.1, 0.15) is 5.82 Å². The quantitative estimate of drug-likeness (QED) is 0.735. The van der Waals surface area contributed by atoms with Gasteiger partial charge < -0.3 is 15.1 Å². The van der Waals surface area contributed by atoms with Gasteiger partial charge in [0.05, 0.1) is 17.9 Å². The minimum absolute atomic E-state index is 0.00780. The highest BCUT2D eigenvalue weighted by molar-refractivity contribution is 7.99. The number of thioether (sulfide) groups is 1. The van der Waals surface area contributed by atoms with E-state index in [0.717, 1.165) is 11.8 Å². The fourth-order valence-electron chi connectivity index (χ4n) is 1.74. The predicted octanol–water partition coefficient (Wildman–Crippen LogP) is 1.61. The van der Waals surface area contributed by atoms with Crippen LogP contribution in [-0.2, 0) is 9.59 Å². The Morgan fingerprint density at radius 1 is 1.25 bits per heavy atom. The van der Waals surface area contributed by atoms with E-state index in [-0.39, 0.29) is 46.8 Å². The fraction of sp³-hybridized carbons (Fsp3) is 0.333. The van der Waals surface area contributed by atoms with Crippen molar-refractivity contribution in [3.8, 4) is 11.5 Å². The highest BCUT2D eigenvalue weighted by atomic mass is 32.2. The number of rotatable bonds is 7. The third-order valence-electron chi connectivity index (χ3n) is 2.73. The summed E-state index contributed by atoms with van der Waals surface area (Å²) in [6.45, 7) is 3.57. The average molecular weight is 352 g/mol. The first kappa shape index (κ1) is 17.9. The number of hydrogen-bond acceptors (Lipinski definition) is 6. The number of carbonyl (C=O) groups excluding carboxylic acids is 2. The van der Waals surface area contributed by atoms with Gasteiger partial charge in [0, 0.05) is 6.04 Å². The second-order valence-electron chi connectivity index (χ2n) is 5.14. The Hall–Kier alpha value is -2.42. The summed E-state index contributed by atoms with van der Waals surface area (Å²) in [6.07, 6.45) is 0. The van der Waals surface area contributed by atoms with Gasteiger partial charge in [-0.05, 0) is 26.0 Å². The van der Waals surface area contributed by atoms with Crippen molar-refractivity contribution in [1.29, 1.82) is 0 Å². The van der Waals surface area contributed by atoms with E-state index in [2.05, 4.69) is 20.8 Å². The van der Waals surface area contributed by atoms with E-state index in [0.29, 0.717) is 0 Å². The summed E-state index contributed by atoms with van der Waals surface area (Å²) in [5.74, 6) is -1.01. The molecule has 0 saturated carbocycles. The van der Waals surface area contributed by atoms with Gasteiger partial charge in [-0.2, -0.15) is 0 Å². The summed E-state index contributed by atoms with van der Waals surface area (Å²) in [6, 6.07) is 6.05. The Bertz CT molecular complexity index is 720. The first-order valence-corrected chi connectivity index (χ1v) is 8.21. The monoisotopic (exact) mass is 352 g/mol. The zero-order chi connectivity index (χ0) is 17.5. The Morgan fingerprint density at radius 3 is 2.71 bits per heavy atom. The molecule has 0 saturated heterocycles. The van der Waals surface area contributed by atoms with E-state index in [4.69, 9.17) is 4.42 Å². The normalized spacial score (nSPS) is 10.7. The van der Waals surface area contributed by atoms with Crippen LogP contribution in [0, 0.1) is 5.82 Å². The molecule has 1 aromatic heterocycles. The van der Waals surface area contributed by atoms with Gasteiger partial charge in [0.15, 0.2) is 0 Å². The van der Waals surface area contributed by atoms with Crippen LogP contribution in [0.2, 0.25) is 0 Å². The number of aromatic nitrogens is 2. The summed E-state index contributed by atoms with van der Waals surface area (Å²) in [5.41, 5.74) is 0.201. The maximum atomic E-state index is 13.6. The van der Waals surface area contributed by atoms with Crippen LogP contribution in [0.1, 0.15) is 13.8 Å². The highest BCUT2D eigenvalue weighted by Gasteiger charge is 2.14. The minimum atomic E-state index is -0.466. The van der Waals surface area contributed by atoms with E-state index < -0.39 is 5.82 Å². The van der Waals surface area contributed by atoms with Crippen LogP contribution in [0.5, 0.6) is 0 Å². The average Bonchev–Trinajstić information content (AvgIpc) is 2.99. The molecule has 0 atom stereocenters. The molecule has 0 aliphatic rings. The van der Waals surface area contributed by atoms with Crippen molar-refractivity contribution in [1.82, 2.24) is 20.8 Å². The number of nitrogens with one attached hydrogen (secondary N) is 2. The summed E-state index contributed by atoms with van der Waals surface area (Å²) >= 11 is 1.01. The van der Waals surface area contributed by atoms with E-state index in [1.807, 2.05) is 13.8 Å². The lowest BCUT2D eigenvalue weighted by Crippen LogP contribution is -2.40. The van der Waals surface area contributed by atoms with Crippen molar-refractivity contribution in [2.45, 2.75) is 25.1 Å². The Labute approximate surface area is 142 Å². The van der Waals surface area contributed by atoms with Crippen molar-refractivity contribution in [2.75, 3.05) is 12.3 Å². The number of hydrogen-bond donors (Lipinski definition) is 2. The van der Waals surface area contributed by atoms with E-state index in [9.17, 15) is 14.0 Å². The van der Waals surface area contributed by atoms with Crippen LogP contribution in [0.25, 0.3) is 11.5 Å². The second-order valence-corrected chi connectivity index (χ2v) is 6.07. The molecule has 7 nitrogen and oxygen atoms in total. The number of amides is 2. The number of halogens is 1. The van der Waals surface area contributed by atoms with Gasteiger partial charge in [0.25, 0.3) is 11.1 Å². The van der Waals surface area contributed by atoms with E-state index >= 15 is 0 Å². The van der Waals surface area contributed by atoms with Crippen LogP contribution < -0.4 is 10.6 Å². The lowest BCUT2D eigenvalue weighted by atomic mass is 10.2. The summed E-state index contributed by atoms with van der Waals surface area (Å²) in [7, 11) is 0. The van der Waals surface area contributed by atoms with Gasteiger partial charge in [-0.3, -0.25) is 9.59 Å². The highest BCUT2D eigenvalue weighted by Crippen LogP contribution is 2.24. The molecule has 1 aromatic carbocycles. The zero-order valence-electron chi connectivity index (χ0n) is 13.2. The van der Waals surface area contributed by atoms with E-state index in [1.165, 1.54) is 12.1 Å². The molecular formula is C15H17FN4O3S. The summed E-state index contributed by atoms with van der Waals surface area (Å²) < 4.78 is 18.9. The molecule has 0 fully saturated rings. The molecule has 2 N–H and O–H groups in total. The lowest BCUT2D eigenvalue weighted by Gasteiger charge is -2.08. The smallest absolute Gasteiger partial charge is 0.277 e. The zero-order valence-corrected chi connectivity index (χ0v) is 14.0. The maximum absolute atomic E-state index is 13.6. The van der Waals surface area contributed by atoms with Gasteiger partial charge in [-0.15, -0.1) is 10.2 Å². The molecule has 0 bridgehead atoms. The summed E-state index contributed by atoms with van der Waals surface area (Å²) in [5, 5.41) is 12.8. The molecule has 128 valence electrons. The molecule has 0 unspecified atom stereocenters. The van der Waals surface area contributed by atoms with Crippen molar-refractivity contribution in [3.63, 3.8) is 0 Å². The number of carbonyl (C=O) groups is 2. The second kappa shape index (κ2) is 8.44. The third kappa shape index (κ3) is 5.34. The van der Waals surface area contributed by atoms with Crippen molar-refractivity contribution < 1.29 is 18.4 Å². The van der Waals surface area contributed by atoms with Crippen molar-refractivity contribution >= 4 is 23.6 Å². The van der Waals surface area contributed by atoms with Gasteiger partial charge in [-0.25, -0.2) is 4.39 Å². The number of nitrogens with zero attached hydrogens (tertiary/aromatic N) is 2. The molecule has 0 radical (unpaired) electrons. The van der Waals surface area contributed by atoms with Crippen LogP contribution >= 0.6 is 11.8 Å².